The molecule has 2 unspecified atom stereocenters. The molecule has 2 heterocycles. The van der Waals surface area contributed by atoms with Crippen LogP contribution in [0, 0.1) is 29.6 Å². The normalized spacial score (nSPS) is 18.7. The Hall–Kier alpha value is -3.12. The number of nitriles is 1. The molecule has 2 aromatic rings. The lowest BCUT2D eigenvalue weighted by molar-refractivity contribution is 0.211. The first-order chi connectivity index (χ1) is 14.5. The van der Waals surface area contributed by atoms with Crippen LogP contribution in [-0.2, 0) is 6.42 Å². The summed E-state index contributed by atoms with van der Waals surface area (Å²) >= 11 is 0. The Morgan fingerprint density at radius 2 is 2.27 bits per heavy atom. The van der Waals surface area contributed by atoms with Crippen molar-refractivity contribution in [3.63, 3.8) is 0 Å². The molecule has 0 radical (unpaired) electrons. The third-order valence-electron chi connectivity index (χ3n) is 5.74. The second kappa shape index (κ2) is 9.59. The van der Waals surface area contributed by atoms with Gasteiger partial charge in [-0.1, -0.05) is 13.3 Å². The number of anilines is 2. The Labute approximate surface area is 176 Å². The van der Waals surface area contributed by atoms with Crippen molar-refractivity contribution >= 4 is 23.0 Å². The van der Waals surface area contributed by atoms with Crippen LogP contribution in [0.15, 0.2) is 12.3 Å². The van der Waals surface area contributed by atoms with Gasteiger partial charge < -0.3 is 26.9 Å². The third-order valence-corrected chi connectivity index (χ3v) is 5.74. The molecule has 9 heteroatoms. The first-order valence-electron chi connectivity index (χ1n) is 10.4. The number of aliphatic hydroxyl groups is 1. The molecule has 1 aliphatic rings. The highest BCUT2D eigenvalue weighted by molar-refractivity contribution is 5.92. The van der Waals surface area contributed by atoms with Crippen LogP contribution in [0.5, 0.6) is 0 Å². The summed E-state index contributed by atoms with van der Waals surface area (Å²) in [4.78, 5) is 4.59. The number of allylic oxidation sites excluding steroid dienone is 1. The van der Waals surface area contributed by atoms with E-state index in [2.05, 4.69) is 26.8 Å². The summed E-state index contributed by atoms with van der Waals surface area (Å²) in [5, 5.41) is 37.9. The van der Waals surface area contributed by atoms with Gasteiger partial charge in [-0.2, -0.15) is 14.9 Å². The van der Waals surface area contributed by atoms with E-state index in [0.29, 0.717) is 36.1 Å². The van der Waals surface area contributed by atoms with E-state index < -0.39 is 0 Å². The molecule has 9 nitrogen and oxygen atoms in total. The number of hydrogen-bond donors (Lipinski definition) is 5. The summed E-state index contributed by atoms with van der Waals surface area (Å²) in [6.07, 6.45) is 7.99. The predicted octanol–water partition coefficient (Wildman–Crippen LogP) is 2.14. The van der Waals surface area contributed by atoms with Crippen LogP contribution in [0.4, 0.5) is 11.6 Å². The monoisotopic (exact) mass is 410 g/mol. The molecule has 0 saturated heterocycles. The Morgan fingerprint density at radius 1 is 1.47 bits per heavy atom. The zero-order valence-corrected chi connectivity index (χ0v) is 17.6. The molecule has 0 aromatic carbocycles. The molecule has 30 heavy (non-hydrogen) atoms. The fourth-order valence-electron chi connectivity index (χ4n) is 4.02. The molecule has 0 bridgehead atoms. The van der Waals surface area contributed by atoms with Gasteiger partial charge in [0.05, 0.1) is 5.69 Å². The van der Waals surface area contributed by atoms with Crippen LogP contribution in [0.1, 0.15) is 49.4 Å². The van der Waals surface area contributed by atoms with E-state index in [9.17, 15) is 10.4 Å². The van der Waals surface area contributed by atoms with Gasteiger partial charge in [-0.15, -0.1) is 0 Å². The lowest BCUT2D eigenvalue weighted by Gasteiger charge is -2.17. The number of rotatable bonds is 9. The van der Waals surface area contributed by atoms with Crippen molar-refractivity contribution in [1.82, 2.24) is 19.9 Å². The zero-order valence-electron chi connectivity index (χ0n) is 17.6. The molecule has 1 fully saturated rings. The zero-order chi connectivity index (χ0) is 21.7. The Morgan fingerprint density at radius 3 is 2.97 bits per heavy atom. The molecule has 160 valence electrons. The summed E-state index contributed by atoms with van der Waals surface area (Å²) in [7, 11) is 0. The Bertz CT molecular complexity index is 987. The second-order valence-corrected chi connectivity index (χ2v) is 7.67. The maximum atomic E-state index is 9.53. The molecule has 0 amide bonds. The standard InChI is InChI=1S/C21H30N8O/c1-3-16-13(2)28-29-19(24)17(11-22)20(27-21(16)29)26-10-8-15(23)7-9-25-18-6-4-5-14(18)12-30/h7,9,14,18,23,25,30H,3-6,8,10,12,24H2,1-2H3,(H,26,27)/b9-7-,23-15?. The van der Waals surface area contributed by atoms with Gasteiger partial charge >= 0.3 is 0 Å². The lowest BCUT2D eigenvalue weighted by Crippen LogP contribution is -2.30. The van der Waals surface area contributed by atoms with Gasteiger partial charge in [-0.25, -0.2) is 4.98 Å². The van der Waals surface area contributed by atoms with Gasteiger partial charge in [0, 0.05) is 42.8 Å². The molecule has 0 spiro atoms. The number of aliphatic hydroxyl groups excluding tert-OH is 1. The average molecular weight is 411 g/mol. The minimum absolute atomic E-state index is 0.199. The minimum atomic E-state index is 0.199. The number of aryl methyl sites for hydroxylation is 2. The van der Waals surface area contributed by atoms with Crippen molar-refractivity contribution in [3.05, 3.63) is 29.1 Å². The SMILES string of the molecule is CCc1c(C)nn2c(N)c(C#N)c(NCCC(=N)/C=C\NC3CCCC3CO)nc12. The highest BCUT2D eigenvalue weighted by atomic mass is 16.3. The maximum absolute atomic E-state index is 9.53. The number of nitrogens with zero attached hydrogens (tertiary/aromatic N) is 4. The van der Waals surface area contributed by atoms with E-state index in [1.807, 2.05) is 13.8 Å². The van der Waals surface area contributed by atoms with E-state index >= 15 is 0 Å². The van der Waals surface area contributed by atoms with Crippen LogP contribution in [0.2, 0.25) is 0 Å². The number of hydrogen-bond acceptors (Lipinski definition) is 8. The smallest absolute Gasteiger partial charge is 0.163 e. The first kappa shape index (κ1) is 21.6. The van der Waals surface area contributed by atoms with E-state index in [-0.39, 0.29) is 24.0 Å². The van der Waals surface area contributed by atoms with Crippen molar-refractivity contribution in [2.75, 3.05) is 24.2 Å². The van der Waals surface area contributed by atoms with E-state index in [1.54, 1.807) is 12.3 Å². The highest BCUT2D eigenvalue weighted by Crippen LogP contribution is 2.26. The molecular weight excluding hydrogens is 380 g/mol. The van der Waals surface area contributed by atoms with Gasteiger partial charge in [-0.05, 0) is 38.5 Å². The maximum Gasteiger partial charge on any atom is 0.163 e. The molecule has 3 rings (SSSR count). The van der Waals surface area contributed by atoms with Crippen LogP contribution in [-0.4, -0.2) is 44.6 Å². The molecule has 1 saturated carbocycles. The van der Waals surface area contributed by atoms with E-state index in [0.717, 1.165) is 36.9 Å². The van der Waals surface area contributed by atoms with Gasteiger partial charge in [0.2, 0.25) is 0 Å². The molecule has 1 aliphatic carbocycles. The van der Waals surface area contributed by atoms with Crippen molar-refractivity contribution in [2.45, 2.75) is 52.0 Å². The average Bonchev–Trinajstić information content (AvgIpc) is 3.31. The topological polar surface area (TPSA) is 148 Å². The van der Waals surface area contributed by atoms with Gasteiger partial charge in [0.1, 0.15) is 23.3 Å². The van der Waals surface area contributed by atoms with Crippen LogP contribution < -0.4 is 16.4 Å². The summed E-state index contributed by atoms with van der Waals surface area (Å²) in [6, 6.07) is 2.39. The minimum Gasteiger partial charge on any atom is -0.396 e. The van der Waals surface area contributed by atoms with Gasteiger partial charge in [0.15, 0.2) is 5.65 Å². The van der Waals surface area contributed by atoms with Crippen molar-refractivity contribution < 1.29 is 5.11 Å². The summed E-state index contributed by atoms with van der Waals surface area (Å²) in [5.74, 6) is 0.979. The summed E-state index contributed by atoms with van der Waals surface area (Å²) in [5.41, 5.74) is 9.39. The van der Waals surface area contributed by atoms with Crippen LogP contribution in [0.25, 0.3) is 5.65 Å². The van der Waals surface area contributed by atoms with Gasteiger partial charge in [0.25, 0.3) is 0 Å². The summed E-state index contributed by atoms with van der Waals surface area (Å²) in [6.45, 7) is 4.59. The van der Waals surface area contributed by atoms with Gasteiger partial charge in [-0.3, -0.25) is 0 Å². The molecule has 6 N–H and O–H groups in total. The number of fused-ring (bicyclic) bond motifs is 1. The van der Waals surface area contributed by atoms with Crippen LogP contribution >= 0.6 is 0 Å². The fraction of sp³-hybridized carbons (Fsp3) is 0.524. The number of nitrogens with one attached hydrogen (secondary N) is 3. The fourth-order valence-corrected chi connectivity index (χ4v) is 4.02. The van der Waals surface area contributed by atoms with E-state index in [1.165, 1.54) is 4.52 Å². The number of aromatic nitrogens is 3. The lowest BCUT2D eigenvalue weighted by atomic mass is 10.1. The Kier molecular flexibility index (Phi) is 6.90. The molecule has 0 aliphatic heterocycles. The highest BCUT2D eigenvalue weighted by Gasteiger charge is 2.25. The van der Waals surface area contributed by atoms with Crippen molar-refractivity contribution in [1.29, 1.82) is 10.7 Å². The van der Waals surface area contributed by atoms with Crippen molar-refractivity contribution in [2.24, 2.45) is 5.92 Å². The predicted molar refractivity (Wildman–Crippen MR) is 118 cm³/mol. The third kappa shape index (κ3) is 4.39. The second-order valence-electron chi connectivity index (χ2n) is 7.67. The number of nitrogens with two attached hydrogens (primary N) is 1. The quantitative estimate of drug-likeness (QED) is 0.398. The van der Waals surface area contributed by atoms with Crippen molar-refractivity contribution in [3.8, 4) is 6.07 Å². The molecule has 2 atom stereocenters. The molecule has 2 aromatic heterocycles. The Balaban J connectivity index is 1.62. The summed E-state index contributed by atoms with van der Waals surface area (Å²) < 4.78 is 1.52. The van der Waals surface area contributed by atoms with E-state index in [4.69, 9.17) is 11.1 Å². The number of nitrogen functional groups attached to an aromatic ring is 1. The molecular formula is C21H30N8O. The first-order valence-corrected chi connectivity index (χ1v) is 10.4. The van der Waals surface area contributed by atoms with Crippen LogP contribution in [0.3, 0.4) is 0 Å². The largest absolute Gasteiger partial charge is 0.396 e.